The fourth-order valence-corrected chi connectivity index (χ4v) is 3.52. The van der Waals surface area contributed by atoms with E-state index in [0.717, 1.165) is 18.8 Å². The summed E-state index contributed by atoms with van der Waals surface area (Å²) in [6.45, 7) is 4.87. The Morgan fingerprint density at radius 3 is 2.33 bits per heavy atom. The molecule has 0 aromatic heterocycles. The first-order valence-electron chi connectivity index (χ1n) is 10.1. The van der Waals surface area contributed by atoms with Gasteiger partial charge in [-0.15, -0.1) is 0 Å². The maximum atomic E-state index is 12.5. The monoisotopic (exact) mass is 410 g/mol. The highest BCUT2D eigenvalue weighted by Gasteiger charge is 2.21. The largest absolute Gasteiger partial charge is 0.379 e. The molecule has 0 spiro atoms. The highest BCUT2D eigenvalue weighted by atomic mass is 16.6. The summed E-state index contributed by atoms with van der Waals surface area (Å²) in [7, 11) is 0. The van der Waals surface area contributed by atoms with Crippen molar-refractivity contribution in [3.8, 4) is 0 Å². The predicted octanol–water partition coefficient (Wildman–Crippen LogP) is 3.34. The van der Waals surface area contributed by atoms with Crippen LogP contribution in [-0.4, -0.2) is 54.2 Å². The van der Waals surface area contributed by atoms with Gasteiger partial charge in [0, 0.05) is 56.5 Å². The number of piperazine rings is 1. The molecule has 0 radical (unpaired) electrons. The van der Waals surface area contributed by atoms with Crippen molar-refractivity contribution in [2.75, 3.05) is 42.9 Å². The van der Waals surface area contributed by atoms with Crippen LogP contribution < -0.4 is 10.2 Å². The standard InChI is InChI=1S/C22H26N4O4/c1-17(27)18-8-10-19(11-9-18)24-13-15-25(16-14-24)22(28)7-4-12-23-20-5-2-3-6-21(20)26(29)30/h2-3,5-6,8-11,23H,4,7,12-16H2,1H3. The van der Waals surface area contributed by atoms with Gasteiger partial charge in [-0.05, 0) is 43.7 Å². The van der Waals surface area contributed by atoms with Crippen LogP contribution in [-0.2, 0) is 4.79 Å². The molecule has 1 saturated heterocycles. The minimum Gasteiger partial charge on any atom is -0.379 e. The molecular formula is C22H26N4O4. The van der Waals surface area contributed by atoms with Crippen LogP contribution in [0.25, 0.3) is 0 Å². The number of Topliss-reactive ketones (excluding diaryl/α,β-unsaturated/α-hetero) is 1. The first kappa shape index (κ1) is 21.3. The maximum Gasteiger partial charge on any atom is 0.292 e. The predicted molar refractivity (Wildman–Crippen MR) is 116 cm³/mol. The molecule has 1 N–H and O–H groups in total. The Labute approximate surface area is 175 Å². The lowest BCUT2D eigenvalue weighted by molar-refractivity contribution is -0.384. The van der Waals surface area contributed by atoms with Gasteiger partial charge in [-0.25, -0.2) is 0 Å². The van der Waals surface area contributed by atoms with Gasteiger partial charge < -0.3 is 15.1 Å². The highest BCUT2D eigenvalue weighted by Crippen LogP contribution is 2.23. The van der Waals surface area contributed by atoms with Crippen LogP contribution in [0.2, 0.25) is 0 Å². The molecule has 8 heteroatoms. The first-order chi connectivity index (χ1) is 14.5. The minimum atomic E-state index is -0.416. The number of rotatable bonds is 8. The third-order valence-electron chi connectivity index (χ3n) is 5.25. The number of nitro groups is 1. The van der Waals surface area contributed by atoms with Crippen molar-refractivity contribution < 1.29 is 14.5 Å². The molecule has 1 aliphatic heterocycles. The topological polar surface area (TPSA) is 95.8 Å². The zero-order valence-electron chi connectivity index (χ0n) is 17.0. The van der Waals surface area contributed by atoms with Gasteiger partial charge in [0.05, 0.1) is 4.92 Å². The number of para-hydroxylation sites is 2. The Morgan fingerprint density at radius 1 is 1.03 bits per heavy atom. The smallest absolute Gasteiger partial charge is 0.292 e. The molecule has 158 valence electrons. The van der Waals surface area contributed by atoms with Gasteiger partial charge in [-0.1, -0.05) is 12.1 Å². The van der Waals surface area contributed by atoms with Crippen molar-refractivity contribution in [2.45, 2.75) is 19.8 Å². The Balaban J connectivity index is 1.41. The third kappa shape index (κ3) is 5.34. The van der Waals surface area contributed by atoms with E-state index in [4.69, 9.17) is 0 Å². The highest BCUT2D eigenvalue weighted by molar-refractivity contribution is 5.94. The van der Waals surface area contributed by atoms with Gasteiger partial charge in [0.2, 0.25) is 5.91 Å². The van der Waals surface area contributed by atoms with Crippen LogP contribution >= 0.6 is 0 Å². The van der Waals surface area contributed by atoms with Gasteiger partial charge in [0.15, 0.2) is 5.78 Å². The molecule has 0 unspecified atom stereocenters. The number of amides is 1. The molecule has 1 aliphatic rings. The van der Waals surface area contributed by atoms with Crippen molar-refractivity contribution >= 4 is 28.8 Å². The summed E-state index contributed by atoms with van der Waals surface area (Å²) in [5.41, 5.74) is 2.26. The molecule has 0 saturated carbocycles. The van der Waals surface area contributed by atoms with Crippen molar-refractivity contribution in [1.82, 2.24) is 4.90 Å². The molecule has 0 aliphatic carbocycles. The second-order valence-electron chi connectivity index (χ2n) is 7.28. The van der Waals surface area contributed by atoms with Crippen LogP contribution in [0.5, 0.6) is 0 Å². The molecule has 1 heterocycles. The number of carbonyl (C=O) groups excluding carboxylic acids is 2. The fraction of sp³-hybridized carbons (Fsp3) is 0.364. The van der Waals surface area contributed by atoms with Gasteiger partial charge in [-0.2, -0.15) is 0 Å². The lowest BCUT2D eigenvalue weighted by Gasteiger charge is -2.36. The normalized spacial score (nSPS) is 13.8. The molecule has 8 nitrogen and oxygen atoms in total. The molecule has 2 aromatic rings. The van der Waals surface area contributed by atoms with Crippen LogP contribution in [0.3, 0.4) is 0 Å². The summed E-state index contributed by atoms with van der Waals surface area (Å²) in [5, 5.41) is 14.1. The van der Waals surface area contributed by atoms with Crippen LogP contribution in [0.15, 0.2) is 48.5 Å². The molecule has 3 rings (SSSR count). The summed E-state index contributed by atoms with van der Waals surface area (Å²) in [4.78, 5) is 38.6. The number of nitrogens with one attached hydrogen (secondary N) is 1. The minimum absolute atomic E-state index is 0.0382. The lowest BCUT2D eigenvalue weighted by atomic mass is 10.1. The number of hydrogen-bond donors (Lipinski definition) is 1. The number of nitrogens with zero attached hydrogens (tertiary/aromatic N) is 3. The van der Waals surface area contributed by atoms with Gasteiger partial charge in [0.1, 0.15) is 5.69 Å². The Morgan fingerprint density at radius 2 is 1.70 bits per heavy atom. The van der Waals surface area contributed by atoms with E-state index < -0.39 is 4.92 Å². The van der Waals surface area contributed by atoms with Crippen molar-refractivity contribution in [2.24, 2.45) is 0 Å². The average molecular weight is 410 g/mol. The Kier molecular flexibility index (Phi) is 7.00. The number of anilines is 2. The lowest BCUT2D eigenvalue weighted by Crippen LogP contribution is -2.48. The van der Waals surface area contributed by atoms with Gasteiger partial charge in [0.25, 0.3) is 5.69 Å². The van der Waals surface area contributed by atoms with E-state index in [2.05, 4.69) is 10.2 Å². The fourth-order valence-electron chi connectivity index (χ4n) is 3.52. The summed E-state index contributed by atoms with van der Waals surface area (Å²) in [5.74, 6) is 0.152. The maximum absolute atomic E-state index is 12.5. The number of hydrogen-bond acceptors (Lipinski definition) is 6. The summed E-state index contributed by atoms with van der Waals surface area (Å²) >= 11 is 0. The molecule has 0 bridgehead atoms. The van der Waals surface area contributed by atoms with Crippen molar-refractivity contribution in [1.29, 1.82) is 0 Å². The third-order valence-corrected chi connectivity index (χ3v) is 5.25. The SMILES string of the molecule is CC(=O)c1ccc(N2CCN(C(=O)CCCNc3ccccc3[N+](=O)[O-])CC2)cc1. The Hall–Kier alpha value is -3.42. The molecular weight excluding hydrogens is 384 g/mol. The summed E-state index contributed by atoms with van der Waals surface area (Å²) in [6.07, 6.45) is 1.01. The van der Waals surface area contributed by atoms with Crippen molar-refractivity contribution in [3.05, 3.63) is 64.2 Å². The average Bonchev–Trinajstić information content (AvgIpc) is 2.77. The van der Waals surface area contributed by atoms with Crippen LogP contribution in [0, 0.1) is 10.1 Å². The number of carbonyl (C=O) groups is 2. The second kappa shape index (κ2) is 9.87. The number of benzene rings is 2. The van der Waals surface area contributed by atoms with Crippen molar-refractivity contribution in [3.63, 3.8) is 0 Å². The zero-order valence-corrected chi connectivity index (χ0v) is 17.0. The van der Waals surface area contributed by atoms with E-state index in [1.54, 1.807) is 25.1 Å². The van der Waals surface area contributed by atoms with Gasteiger partial charge >= 0.3 is 0 Å². The van der Waals surface area contributed by atoms with Crippen LogP contribution in [0.4, 0.5) is 17.1 Å². The van der Waals surface area contributed by atoms with E-state index in [1.807, 2.05) is 29.2 Å². The molecule has 1 fully saturated rings. The van der Waals surface area contributed by atoms with Crippen LogP contribution in [0.1, 0.15) is 30.1 Å². The van der Waals surface area contributed by atoms with E-state index in [9.17, 15) is 19.7 Å². The number of nitro benzene ring substituents is 1. The zero-order chi connectivity index (χ0) is 21.5. The Bertz CT molecular complexity index is 906. The summed E-state index contributed by atoms with van der Waals surface area (Å²) < 4.78 is 0. The summed E-state index contributed by atoms with van der Waals surface area (Å²) in [6, 6.07) is 14.1. The second-order valence-corrected chi connectivity index (χ2v) is 7.28. The first-order valence-corrected chi connectivity index (χ1v) is 10.1. The molecule has 30 heavy (non-hydrogen) atoms. The quantitative estimate of drug-likeness (QED) is 0.310. The van der Waals surface area contributed by atoms with E-state index in [0.29, 0.717) is 43.7 Å². The molecule has 0 atom stereocenters. The molecule has 1 amide bonds. The number of ketones is 1. The van der Waals surface area contributed by atoms with E-state index in [1.165, 1.54) is 6.07 Å². The van der Waals surface area contributed by atoms with Gasteiger partial charge in [-0.3, -0.25) is 19.7 Å². The molecule has 2 aromatic carbocycles. The van der Waals surface area contributed by atoms with E-state index >= 15 is 0 Å². The van der Waals surface area contributed by atoms with E-state index in [-0.39, 0.29) is 17.4 Å².